The third-order valence-electron chi connectivity index (χ3n) is 0.778. The lowest BCUT2D eigenvalue weighted by atomic mass is 10.3. The Bertz CT molecular complexity index is 84.3. The first kappa shape index (κ1) is 8.39. The van der Waals surface area contributed by atoms with Gasteiger partial charge in [0.1, 0.15) is 0 Å². The predicted octanol–water partition coefficient (Wildman–Crippen LogP) is -0.564. The van der Waals surface area contributed by atoms with E-state index in [4.69, 9.17) is 5.11 Å². The monoisotopic (exact) mass is 133 g/mol. The molecule has 0 radical (unpaired) electrons. The number of nitrogens with one attached hydrogen (secondary N) is 1. The second-order valence-corrected chi connectivity index (χ2v) is 1.56. The van der Waals surface area contributed by atoms with E-state index in [0.717, 1.165) is 0 Å². The van der Waals surface area contributed by atoms with Crippen molar-refractivity contribution in [2.45, 2.75) is 12.8 Å². The molecule has 0 spiro atoms. The Morgan fingerprint density at radius 3 is 2.89 bits per heavy atom. The molecular weight excluding hydrogens is 122 g/mol. The van der Waals surface area contributed by atoms with Gasteiger partial charge in [-0.15, -0.1) is 0 Å². The van der Waals surface area contributed by atoms with Gasteiger partial charge in [0, 0.05) is 13.0 Å². The lowest BCUT2D eigenvalue weighted by molar-refractivity contribution is -0.131. The second kappa shape index (κ2) is 5.53. The molecule has 0 aromatic carbocycles. The van der Waals surface area contributed by atoms with E-state index in [-0.39, 0.29) is 12.5 Å². The zero-order valence-electron chi connectivity index (χ0n) is 5.39. The Morgan fingerprint density at radius 1 is 1.78 bits per heavy atom. The average Bonchev–Trinajstić information content (AvgIpc) is 1.85. The number of hydrogen-bond acceptors (Lipinski definition) is 3. The molecule has 0 aliphatic heterocycles. The number of aliphatic hydroxyl groups is 1. The number of hydrogen-bond donors (Lipinski definition) is 2. The number of hydroxylamine groups is 1. The molecule has 0 bridgehead atoms. The van der Waals surface area contributed by atoms with Crippen LogP contribution in [-0.2, 0) is 9.63 Å². The van der Waals surface area contributed by atoms with E-state index >= 15 is 0 Å². The van der Waals surface area contributed by atoms with Crippen molar-refractivity contribution >= 4 is 5.91 Å². The van der Waals surface area contributed by atoms with Gasteiger partial charge in [0.05, 0.1) is 7.11 Å². The van der Waals surface area contributed by atoms with Crippen LogP contribution in [0.1, 0.15) is 12.8 Å². The highest BCUT2D eigenvalue weighted by Gasteiger charge is 1.96. The van der Waals surface area contributed by atoms with Gasteiger partial charge in [0.25, 0.3) is 0 Å². The van der Waals surface area contributed by atoms with E-state index in [0.29, 0.717) is 12.8 Å². The molecule has 54 valence electrons. The van der Waals surface area contributed by atoms with Crippen molar-refractivity contribution in [3.8, 4) is 0 Å². The highest BCUT2D eigenvalue weighted by Crippen LogP contribution is 1.84. The van der Waals surface area contributed by atoms with E-state index in [1.165, 1.54) is 7.11 Å². The molecule has 0 aliphatic rings. The fourth-order valence-electron chi connectivity index (χ4n) is 0.404. The van der Waals surface area contributed by atoms with Crippen LogP contribution in [0.15, 0.2) is 0 Å². The number of carbonyl (C=O) groups is 1. The van der Waals surface area contributed by atoms with Crippen LogP contribution in [-0.4, -0.2) is 24.7 Å². The van der Waals surface area contributed by atoms with Gasteiger partial charge in [-0.05, 0) is 6.42 Å². The van der Waals surface area contributed by atoms with Crippen LogP contribution in [0, 0.1) is 0 Å². The summed E-state index contributed by atoms with van der Waals surface area (Å²) in [5.41, 5.74) is 2.13. The van der Waals surface area contributed by atoms with E-state index in [9.17, 15) is 4.79 Å². The standard InChI is InChI=1S/C5H11NO3/c1-9-6-5(8)3-2-4-7/h7H,2-4H2,1H3,(H,6,8). The molecule has 0 aromatic rings. The summed E-state index contributed by atoms with van der Waals surface area (Å²) in [5.74, 6) is -0.202. The molecule has 4 heteroatoms. The topological polar surface area (TPSA) is 58.6 Å². The summed E-state index contributed by atoms with van der Waals surface area (Å²) in [5, 5.41) is 8.26. The lowest BCUT2D eigenvalue weighted by Gasteiger charge is -1.98. The summed E-state index contributed by atoms with van der Waals surface area (Å²) in [7, 11) is 1.37. The molecule has 0 atom stereocenters. The summed E-state index contributed by atoms with van der Waals surface area (Å²) in [6.07, 6.45) is 0.791. The molecular formula is C5H11NO3. The third-order valence-corrected chi connectivity index (χ3v) is 0.778. The maximum Gasteiger partial charge on any atom is 0.243 e. The van der Waals surface area contributed by atoms with Crippen molar-refractivity contribution in [2.75, 3.05) is 13.7 Å². The quantitative estimate of drug-likeness (QED) is 0.505. The fraction of sp³-hybridized carbons (Fsp3) is 0.800. The van der Waals surface area contributed by atoms with Crippen molar-refractivity contribution in [1.29, 1.82) is 0 Å². The van der Waals surface area contributed by atoms with Crippen LogP contribution in [0.5, 0.6) is 0 Å². The van der Waals surface area contributed by atoms with Gasteiger partial charge in [0.15, 0.2) is 0 Å². The Morgan fingerprint density at radius 2 is 2.44 bits per heavy atom. The van der Waals surface area contributed by atoms with Crippen LogP contribution < -0.4 is 5.48 Å². The van der Waals surface area contributed by atoms with Gasteiger partial charge < -0.3 is 5.11 Å². The fourth-order valence-corrected chi connectivity index (χ4v) is 0.404. The summed E-state index contributed by atoms with van der Waals surface area (Å²) in [6, 6.07) is 0. The molecule has 4 nitrogen and oxygen atoms in total. The Labute approximate surface area is 53.8 Å². The molecule has 0 fully saturated rings. The van der Waals surface area contributed by atoms with Gasteiger partial charge in [-0.25, -0.2) is 5.48 Å². The molecule has 9 heavy (non-hydrogen) atoms. The van der Waals surface area contributed by atoms with E-state index in [1.54, 1.807) is 0 Å². The molecule has 0 unspecified atom stereocenters. The van der Waals surface area contributed by atoms with Gasteiger partial charge in [-0.3, -0.25) is 9.63 Å². The Balaban J connectivity index is 3.06. The van der Waals surface area contributed by atoms with Crippen LogP contribution in [0.3, 0.4) is 0 Å². The van der Waals surface area contributed by atoms with Crippen LogP contribution >= 0.6 is 0 Å². The number of rotatable bonds is 4. The van der Waals surface area contributed by atoms with E-state index < -0.39 is 0 Å². The number of carbonyl (C=O) groups excluding carboxylic acids is 1. The minimum absolute atomic E-state index is 0.0388. The molecule has 0 aliphatic carbocycles. The SMILES string of the molecule is CONC(=O)CCCO. The minimum atomic E-state index is -0.202. The number of aliphatic hydroxyl groups excluding tert-OH is 1. The van der Waals surface area contributed by atoms with Crippen LogP contribution in [0.4, 0.5) is 0 Å². The smallest absolute Gasteiger partial charge is 0.243 e. The van der Waals surface area contributed by atoms with Gasteiger partial charge in [0.2, 0.25) is 5.91 Å². The predicted molar refractivity (Wildman–Crippen MR) is 31.5 cm³/mol. The Hall–Kier alpha value is -0.610. The van der Waals surface area contributed by atoms with Crippen molar-refractivity contribution in [3.63, 3.8) is 0 Å². The molecule has 2 N–H and O–H groups in total. The van der Waals surface area contributed by atoms with Crippen molar-refractivity contribution in [1.82, 2.24) is 5.48 Å². The highest BCUT2D eigenvalue weighted by molar-refractivity contribution is 5.74. The first-order chi connectivity index (χ1) is 4.31. The summed E-state index contributed by atoms with van der Waals surface area (Å²) in [6.45, 7) is 0.0388. The minimum Gasteiger partial charge on any atom is -0.396 e. The molecule has 0 rings (SSSR count). The molecule has 0 aromatic heterocycles. The van der Waals surface area contributed by atoms with Crippen LogP contribution in [0.25, 0.3) is 0 Å². The summed E-state index contributed by atoms with van der Waals surface area (Å²) >= 11 is 0. The molecule has 0 heterocycles. The van der Waals surface area contributed by atoms with Crippen molar-refractivity contribution in [2.24, 2.45) is 0 Å². The third kappa shape index (κ3) is 5.26. The summed E-state index contributed by atoms with van der Waals surface area (Å²) < 4.78 is 0. The summed E-state index contributed by atoms with van der Waals surface area (Å²) in [4.78, 5) is 14.8. The van der Waals surface area contributed by atoms with Crippen molar-refractivity contribution < 1.29 is 14.7 Å². The van der Waals surface area contributed by atoms with Gasteiger partial charge in [-0.2, -0.15) is 0 Å². The maximum absolute atomic E-state index is 10.5. The van der Waals surface area contributed by atoms with E-state index in [1.807, 2.05) is 0 Å². The number of amides is 1. The average molecular weight is 133 g/mol. The first-order valence-electron chi connectivity index (χ1n) is 2.74. The zero-order valence-corrected chi connectivity index (χ0v) is 5.39. The molecule has 1 amide bonds. The first-order valence-corrected chi connectivity index (χ1v) is 2.74. The Kier molecular flexibility index (Phi) is 5.15. The molecule has 0 saturated carbocycles. The largest absolute Gasteiger partial charge is 0.396 e. The maximum atomic E-state index is 10.5. The highest BCUT2D eigenvalue weighted by atomic mass is 16.6. The van der Waals surface area contributed by atoms with E-state index in [2.05, 4.69) is 10.3 Å². The molecule has 0 saturated heterocycles. The normalized spacial score (nSPS) is 9.11. The van der Waals surface area contributed by atoms with Crippen molar-refractivity contribution in [3.05, 3.63) is 0 Å². The van der Waals surface area contributed by atoms with Gasteiger partial charge >= 0.3 is 0 Å². The van der Waals surface area contributed by atoms with Crippen LogP contribution in [0.2, 0.25) is 0 Å². The van der Waals surface area contributed by atoms with Gasteiger partial charge in [-0.1, -0.05) is 0 Å². The second-order valence-electron chi connectivity index (χ2n) is 1.56. The lowest BCUT2D eigenvalue weighted by Crippen LogP contribution is -2.21. The zero-order chi connectivity index (χ0) is 7.11.